The van der Waals surface area contributed by atoms with Crippen LogP contribution in [0, 0.1) is 11.3 Å². The first-order valence-corrected chi connectivity index (χ1v) is 14.0. The number of nitriles is 1. The van der Waals surface area contributed by atoms with Gasteiger partial charge in [-0.1, -0.05) is 103 Å². The first-order chi connectivity index (χ1) is 20.8. The van der Waals surface area contributed by atoms with E-state index in [0.29, 0.717) is 5.56 Å². The lowest BCUT2D eigenvalue weighted by Crippen LogP contribution is -2.14. The SMILES string of the molecule is N#Cc1ccc(N(c2ccccc2)c2c3ccccc3c(N(c3ccccc3)c3ccccc3)c3ccccc23)cc1. The van der Waals surface area contributed by atoms with E-state index < -0.39 is 0 Å². The number of fused-ring (bicyclic) bond motifs is 2. The van der Waals surface area contributed by atoms with Crippen LogP contribution in [0.4, 0.5) is 34.1 Å². The van der Waals surface area contributed by atoms with Gasteiger partial charge in [0, 0.05) is 44.3 Å². The molecule has 0 aliphatic rings. The van der Waals surface area contributed by atoms with Gasteiger partial charge in [-0.25, -0.2) is 0 Å². The molecule has 0 spiro atoms. The lowest BCUT2D eigenvalue weighted by Gasteiger charge is -2.32. The van der Waals surface area contributed by atoms with Gasteiger partial charge in [0.1, 0.15) is 0 Å². The second-order valence-corrected chi connectivity index (χ2v) is 10.1. The fourth-order valence-corrected chi connectivity index (χ4v) is 5.79. The molecule has 0 aliphatic heterocycles. The highest BCUT2D eigenvalue weighted by Gasteiger charge is 2.24. The Kier molecular flexibility index (Phi) is 6.56. The summed E-state index contributed by atoms with van der Waals surface area (Å²) in [6.07, 6.45) is 0. The van der Waals surface area contributed by atoms with Gasteiger partial charge in [-0.05, 0) is 60.7 Å². The van der Waals surface area contributed by atoms with Gasteiger partial charge in [-0.15, -0.1) is 0 Å². The van der Waals surface area contributed by atoms with E-state index in [2.05, 4.69) is 149 Å². The van der Waals surface area contributed by atoms with Crippen LogP contribution in [0.2, 0.25) is 0 Å². The van der Waals surface area contributed by atoms with E-state index in [4.69, 9.17) is 0 Å². The van der Waals surface area contributed by atoms with Crippen LogP contribution in [0.1, 0.15) is 5.56 Å². The van der Waals surface area contributed by atoms with E-state index in [9.17, 15) is 5.26 Å². The summed E-state index contributed by atoms with van der Waals surface area (Å²) in [4.78, 5) is 4.67. The second-order valence-electron chi connectivity index (χ2n) is 10.1. The predicted octanol–water partition coefficient (Wildman–Crippen LogP) is 10.8. The smallest absolute Gasteiger partial charge is 0.0991 e. The summed E-state index contributed by atoms with van der Waals surface area (Å²) in [6, 6.07) is 59.0. The molecule has 0 saturated heterocycles. The summed E-state index contributed by atoms with van der Waals surface area (Å²) < 4.78 is 0. The van der Waals surface area contributed by atoms with Crippen LogP contribution in [0.25, 0.3) is 21.5 Å². The zero-order valence-corrected chi connectivity index (χ0v) is 22.9. The first-order valence-electron chi connectivity index (χ1n) is 14.0. The highest BCUT2D eigenvalue weighted by Crippen LogP contribution is 2.50. The van der Waals surface area contributed by atoms with E-state index >= 15 is 0 Å². The Morgan fingerprint density at radius 1 is 0.333 bits per heavy atom. The Balaban J connectivity index is 1.60. The molecule has 0 aromatic heterocycles. The van der Waals surface area contributed by atoms with Gasteiger partial charge in [0.15, 0.2) is 0 Å². The van der Waals surface area contributed by atoms with Gasteiger partial charge >= 0.3 is 0 Å². The van der Waals surface area contributed by atoms with Gasteiger partial charge in [0.25, 0.3) is 0 Å². The van der Waals surface area contributed by atoms with Crippen molar-refractivity contribution in [3.63, 3.8) is 0 Å². The van der Waals surface area contributed by atoms with Crippen LogP contribution in [0.15, 0.2) is 164 Å². The summed E-state index contributed by atoms with van der Waals surface area (Å²) in [5.41, 5.74) is 7.10. The Hall–Kier alpha value is -5.85. The van der Waals surface area contributed by atoms with E-state index in [1.807, 2.05) is 30.3 Å². The van der Waals surface area contributed by atoms with Crippen molar-refractivity contribution in [3.05, 3.63) is 169 Å². The number of anilines is 6. The lowest BCUT2D eigenvalue weighted by atomic mass is 9.95. The molecule has 7 aromatic carbocycles. The molecule has 0 heterocycles. The molecule has 0 amide bonds. The monoisotopic (exact) mass is 537 g/mol. The molecule has 0 atom stereocenters. The molecule has 0 N–H and O–H groups in total. The van der Waals surface area contributed by atoms with Crippen molar-refractivity contribution >= 4 is 55.7 Å². The summed E-state index contributed by atoms with van der Waals surface area (Å²) >= 11 is 0. The molecule has 0 radical (unpaired) electrons. The number of para-hydroxylation sites is 3. The Bertz CT molecular complexity index is 1930. The normalized spacial score (nSPS) is 10.8. The van der Waals surface area contributed by atoms with Crippen LogP contribution in [-0.4, -0.2) is 0 Å². The molecule has 42 heavy (non-hydrogen) atoms. The number of rotatable bonds is 6. The van der Waals surface area contributed by atoms with Crippen molar-refractivity contribution in [1.82, 2.24) is 0 Å². The average Bonchev–Trinajstić information content (AvgIpc) is 3.07. The zero-order valence-electron chi connectivity index (χ0n) is 22.9. The fraction of sp³-hybridized carbons (Fsp3) is 0. The Morgan fingerprint density at radius 2 is 0.619 bits per heavy atom. The maximum Gasteiger partial charge on any atom is 0.0991 e. The third kappa shape index (κ3) is 4.42. The molecule has 0 bridgehead atoms. The molecule has 7 aromatic rings. The summed E-state index contributed by atoms with van der Waals surface area (Å²) in [6.45, 7) is 0. The van der Waals surface area contributed by atoms with Gasteiger partial charge in [-0.3, -0.25) is 0 Å². The molecule has 3 nitrogen and oxygen atoms in total. The third-order valence-electron chi connectivity index (χ3n) is 7.62. The second kappa shape index (κ2) is 11.0. The van der Waals surface area contributed by atoms with Crippen LogP contribution in [0.5, 0.6) is 0 Å². The minimum absolute atomic E-state index is 0.637. The van der Waals surface area contributed by atoms with E-state index in [1.54, 1.807) is 0 Å². The Morgan fingerprint density at radius 3 is 0.929 bits per heavy atom. The largest absolute Gasteiger partial charge is 0.309 e. The van der Waals surface area contributed by atoms with Crippen LogP contribution >= 0.6 is 0 Å². The number of hydrogen-bond acceptors (Lipinski definition) is 3. The fourth-order valence-electron chi connectivity index (χ4n) is 5.79. The molecule has 0 unspecified atom stereocenters. The first kappa shape index (κ1) is 25.1. The molecule has 7 rings (SSSR count). The molecule has 198 valence electrons. The van der Waals surface area contributed by atoms with E-state index in [0.717, 1.165) is 55.7 Å². The number of nitrogens with zero attached hydrogens (tertiary/aromatic N) is 3. The standard InChI is InChI=1S/C39H27N3/c40-28-29-24-26-33(27-25-29)42(32-18-8-3-9-19-32)39-36-22-12-10-20-34(36)38(35-21-11-13-23-37(35)39)41(30-14-4-1-5-15-30)31-16-6-2-7-17-31/h1-27H. The van der Waals surface area contributed by atoms with Crippen LogP contribution in [-0.2, 0) is 0 Å². The summed E-state index contributed by atoms with van der Waals surface area (Å²) in [7, 11) is 0. The molecule has 0 fully saturated rings. The van der Waals surface area contributed by atoms with Gasteiger partial charge in [0.05, 0.1) is 23.0 Å². The lowest BCUT2D eigenvalue weighted by molar-refractivity contribution is 1.29. The molecule has 0 aliphatic carbocycles. The summed E-state index contributed by atoms with van der Waals surface area (Å²) in [5.74, 6) is 0. The minimum atomic E-state index is 0.637. The van der Waals surface area contributed by atoms with Crippen molar-refractivity contribution < 1.29 is 0 Å². The topological polar surface area (TPSA) is 30.3 Å². The van der Waals surface area contributed by atoms with Crippen molar-refractivity contribution in [2.45, 2.75) is 0 Å². The maximum absolute atomic E-state index is 9.49. The predicted molar refractivity (Wildman–Crippen MR) is 176 cm³/mol. The zero-order chi connectivity index (χ0) is 28.3. The van der Waals surface area contributed by atoms with Crippen molar-refractivity contribution in [2.24, 2.45) is 0 Å². The average molecular weight is 538 g/mol. The molecule has 3 heteroatoms. The van der Waals surface area contributed by atoms with Crippen molar-refractivity contribution in [1.29, 1.82) is 5.26 Å². The van der Waals surface area contributed by atoms with Gasteiger partial charge < -0.3 is 9.80 Å². The van der Waals surface area contributed by atoms with Crippen LogP contribution < -0.4 is 9.80 Å². The van der Waals surface area contributed by atoms with E-state index in [-0.39, 0.29) is 0 Å². The third-order valence-corrected chi connectivity index (χ3v) is 7.62. The highest BCUT2D eigenvalue weighted by atomic mass is 15.2. The highest BCUT2D eigenvalue weighted by molar-refractivity contribution is 6.23. The molecular formula is C39H27N3. The number of benzene rings is 7. The molecule has 0 saturated carbocycles. The van der Waals surface area contributed by atoms with Gasteiger partial charge in [-0.2, -0.15) is 5.26 Å². The molecular weight excluding hydrogens is 510 g/mol. The van der Waals surface area contributed by atoms with Crippen molar-refractivity contribution in [2.75, 3.05) is 9.80 Å². The van der Waals surface area contributed by atoms with E-state index in [1.165, 1.54) is 0 Å². The van der Waals surface area contributed by atoms with Gasteiger partial charge in [0.2, 0.25) is 0 Å². The number of hydrogen-bond donors (Lipinski definition) is 0. The Labute approximate surface area is 245 Å². The minimum Gasteiger partial charge on any atom is -0.309 e. The maximum atomic E-state index is 9.49. The quantitative estimate of drug-likeness (QED) is 0.156. The van der Waals surface area contributed by atoms with Crippen molar-refractivity contribution in [3.8, 4) is 6.07 Å². The summed E-state index contributed by atoms with van der Waals surface area (Å²) in [5, 5.41) is 14.1. The van der Waals surface area contributed by atoms with Crippen LogP contribution in [0.3, 0.4) is 0 Å².